The van der Waals surface area contributed by atoms with E-state index in [9.17, 15) is 4.79 Å². The Balaban J connectivity index is 2.34. The van der Waals surface area contributed by atoms with Crippen molar-refractivity contribution in [3.8, 4) is 0 Å². The van der Waals surface area contributed by atoms with Crippen LogP contribution in [-0.2, 0) is 19.5 Å². The van der Waals surface area contributed by atoms with Crippen molar-refractivity contribution in [2.24, 2.45) is 5.92 Å². The Kier molecular flexibility index (Phi) is 2.46. The van der Waals surface area contributed by atoms with Crippen molar-refractivity contribution < 1.29 is 0 Å². The summed E-state index contributed by atoms with van der Waals surface area (Å²) in [6.45, 7) is 6.73. The molecule has 0 atom stereocenters. The number of nitrogens with one attached hydrogen (secondary N) is 2. The fourth-order valence-electron chi connectivity index (χ4n) is 1.90. The Morgan fingerprint density at radius 3 is 2.93 bits per heavy atom. The molecule has 0 bridgehead atoms. The molecule has 78 valence electrons. The number of nitrogens with zero attached hydrogens (tertiary/aromatic N) is 1. The molecule has 2 heterocycles. The van der Waals surface area contributed by atoms with Crippen LogP contribution in [0.1, 0.15) is 25.1 Å². The van der Waals surface area contributed by atoms with Gasteiger partial charge in [0.05, 0.1) is 5.69 Å². The van der Waals surface area contributed by atoms with Gasteiger partial charge in [-0.15, -0.1) is 0 Å². The minimum Gasteiger partial charge on any atom is -0.311 e. The van der Waals surface area contributed by atoms with Gasteiger partial charge in [-0.3, -0.25) is 14.6 Å². The van der Waals surface area contributed by atoms with Gasteiger partial charge in [0.2, 0.25) is 0 Å². The molecule has 0 aromatic carbocycles. The topological polar surface area (TPSA) is 49.8 Å². The molecule has 0 aliphatic carbocycles. The number of H-pyrrole nitrogens is 1. The summed E-state index contributed by atoms with van der Waals surface area (Å²) in [5.74, 6) is 0.501. The largest absolute Gasteiger partial charge is 0.311 e. The molecule has 1 aromatic heterocycles. The van der Waals surface area contributed by atoms with Gasteiger partial charge in [0.1, 0.15) is 0 Å². The fraction of sp³-hybridized carbons (Fsp3) is 0.700. The summed E-state index contributed by atoms with van der Waals surface area (Å²) in [5.41, 5.74) is 2.22. The highest BCUT2D eigenvalue weighted by molar-refractivity contribution is 5.20. The molecule has 0 radical (unpaired) electrons. The molecule has 0 unspecified atom stereocenters. The highest BCUT2D eigenvalue weighted by atomic mass is 16.1. The monoisotopic (exact) mass is 195 g/mol. The first-order valence-electron chi connectivity index (χ1n) is 5.19. The van der Waals surface area contributed by atoms with Gasteiger partial charge in [0.25, 0.3) is 5.56 Å². The van der Waals surface area contributed by atoms with Crippen molar-refractivity contribution in [1.82, 2.24) is 15.1 Å². The first-order chi connectivity index (χ1) is 6.68. The normalized spacial score (nSPS) is 15.9. The third kappa shape index (κ3) is 1.62. The van der Waals surface area contributed by atoms with Gasteiger partial charge >= 0.3 is 0 Å². The van der Waals surface area contributed by atoms with Gasteiger partial charge in [-0.2, -0.15) is 0 Å². The summed E-state index contributed by atoms with van der Waals surface area (Å²) in [5, 5.41) is 6.43. The summed E-state index contributed by atoms with van der Waals surface area (Å²) in [4.78, 5) is 11.9. The molecule has 0 amide bonds. The van der Waals surface area contributed by atoms with Crippen LogP contribution in [0, 0.1) is 5.92 Å². The van der Waals surface area contributed by atoms with Gasteiger partial charge in [-0.25, -0.2) is 0 Å². The zero-order valence-electron chi connectivity index (χ0n) is 8.76. The van der Waals surface area contributed by atoms with Gasteiger partial charge < -0.3 is 5.32 Å². The highest BCUT2D eigenvalue weighted by Crippen LogP contribution is 2.07. The molecule has 0 saturated heterocycles. The lowest BCUT2D eigenvalue weighted by atomic mass is 10.1. The number of aromatic amines is 1. The Hall–Kier alpha value is -1.03. The van der Waals surface area contributed by atoms with Crippen LogP contribution in [-0.4, -0.2) is 16.3 Å². The number of aromatic nitrogens is 2. The average Bonchev–Trinajstić information content (AvgIpc) is 2.44. The molecule has 1 aromatic rings. The highest BCUT2D eigenvalue weighted by Gasteiger charge is 2.16. The standard InChI is InChI=1S/C10H17N3O/c1-7(2)6-13-10(14)8-3-4-11-5-9(8)12-13/h7,11-12H,3-6H2,1-2H3. The second-order valence-electron chi connectivity index (χ2n) is 4.31. The van der Waals surface area contributed by atoms with Gasteiger partial charge in [-0.05, 0) is 18.9 Å². The minimum atomic E-state index is 0.176. The molecule has 4 nitrogen and oxygen atoms in total. The smallest absolute Gasteiger partial charge is 0.270 e. The zero-order valence-corrected chi connectivity index (χ0v) is 8.76. The van der Waals surface area contributed by atoms with Crippen LogP contribution in [0.25, 0.3) is 0 Å². The molecule has 1 aliphatic heterocycles. The van der Waals surface area contributed by atoms with Crippen LogP contribution >= 0.6 is 0 Å². The predicted octanol–water partition coefficient (Wildman–Crippen LogP) is 0.478. The van der Waals surface area contributed by atoms with E-state index in [0.717, 1.165) is 37.3 Å². The van der Waals surface area contributed by atoms with Crippen LogP contribution in [0.2, 0.25) is 0 Å². The maximum Gasteiger partial charge on any atom is 0.270 e. The molecule has 14 heavy (non-hydrogen) atoms. The molecule has 0 fully saturated rings. The summed E-state index contributed by atoms with van der Waals surface area (Å²) in [7, 11) is 0. The van der Waals surface area contributed by atoms with Crippen LogP contribution in [0.5, 0.6) is 0 Å². The Bertz CT molecular complexity index is 375. The van der Waals surface area contributed by atoms with Crippen molar-refractivity contribution >= 4 is 0 Å². The number of hydrogen-bond donors (Lipinski definition) is 2. The molecule has 4 heteroatoms. The van der Waals surface area contributed by atoms with E-state index in [1.165, 1.54) is 0 Å². The summed E-state index contributed by atoms with van der Waals surface area (Å²) in [6, 6.07) is 0. The second kappa shape index (κ2) is 3.61. The van der Waals surface area contributed by atoms with Crippen LogP contribution in [0.4, 0.5) is 0 Å². The maximum absolute atomic E-state index is 11.9. The van der Waals surface area contributed by atoms with Gasteiger partial charge in [0, 0.05) is 18.7 Å². The lowest BCUT2D eigenvalue weighted by Gasteiger charge is -2.09. The van der Waals surface area contributed by atoms with Crippen molar-refractivity contribution in [2.45, 2.75) is 33.4 Å². The average molecular weight is 195 g/mol. The Labute approximate surface area is 83.3 Å². The lowest BCUT2D eigenvalue weighted by molar-refractivity contribution is 0.469. The van der Waals surface area contributed by atoms with E-state index in [1.54, 1.807) is 4.68 Å². The van der Waals surface area contributed by atoms with E-state index in [1.807, 2.05) is 0 Å². The number of rotatable bonds is 2. The Morgan fingerprint density at radius 2 is 2.29 bits per heavy atom. The van der Waals surface area contributed by atoms with E-state index in [-0.39, 0.29) is 5.56 Å². The SMILES string of the molecule is CC(C)Cn1[nH]c2c(c1=O)CCNC2. The van der Waals surface area contributed by atoms with E-state index >= 15 is 0 Å². The van der Waals surface area contributed by atoms with Crippen molar-refractivity contribution in [3.63, 3.8) is 0 Å². The van der Waals surface area contributed by atoms with Crippen LogP contribution in [0.3, 0.4) is 0 Å². The molecule has 2 rings (SSSR count). The Morgan fingerprint density at radius 1 is 1.50 bits per heavy atom. The van der Waals surface area contributed by atoms with E-state index in [2.05, 4.69) is 24.3 Å². The van der Waals surface area contributed by atoms with Crippen molar-refractivity contribution in [2.75, 3.05) is 6.54 Å². The molecule has 1 aliphatic rings. The quantitative estimate of drug-likeness (QED) is 0.721. The third-order valence-electron chi connectivity index (χ3n) is 2.54. The maximum atomic E-state index is 11.9. The summed E-state index contributed by atoms with van der Waals surface area (Å²) in [6.07, 6.45) is 0.857. The molecular formula is C10H17N3O. The third-order valence-corrected chi connectivity index (χ3v) is 2.54. The van der Waals surface area contributed by atoms with Crippen LogP contribution in [0.15, 0.2) is 4.79 Å². The van der Waals surface area contributed by atoms with Gasteiger partial charge in [-0.1, -0.05) is 13.8 Å². The van der Waals surface area contributed by atoms with E-state index in [0.29, 0.717) is 5.92 Å². The van der Waals surface area contributed by atoms with Gasteiger partial charge in [0.15, 0.2) is 0 Å². The first-order valence-corrected chi connectivity index (χ1v) is 5.19. The van der Waals surface area contributed by atoms with Crippen molar-refractivity contribution in [3.05, 3.63) is 21.6 Å². The lowest BCUT2D eigenvalue weighted by Crippen LogP contribution is -2.27. The molecule has 2 N–H and O–H groups in total. The first kappa shape index (κ1) is 9.52. The second-order valence-corrected chi connectivity index (χ2v) is 4.31. The number of hydrogen-bond acceptors (Lipinski definition) is 2. The fourth-order valence-corrected chi connectivity index (χ4v) is 1.90. The van der Waals surface area contributed by atoms with Crippen LogP contribution < -0.4 is 10.9 Å². The van der Waals surface area contributed by atoms with E-state index < -0.39 is 0 Å². The molecular weight excluding hydrogens is 178 g/mol. The minimum absolute atomic E-state index is 0.176. The van der Waals surface area contributed by atoms with E-state index in [4.69, 9.17) is 0 Å². The number of fused-ring (bicyclic) bond motifs is 1. The predicted molar refractivity (Wildman–Crippen MR) is 55.3 cm³/mol. The molecule has 0 saturated carbocycles. The van der Waals surface area contributed by atoms with Crippen molar-refractivity contribution in [1.29, 1.82) is 0 Å². The molecule has 0 spiro atoms. The summed E-state index contributed by atoms with van der Waals surface area (Å²) < 4.78 is 1.74. The summed E-state index contributed by atoms with van der Waals surface area (Å²) >= 11 is 0. The zero-order chi connectivity index (χ0) is 10.1.